The predicted octanol–water partition coefficient (Wildman–Crippen LogP) is 0.379. The fourth-order valence-electron chi connectivity index (χ4n) is 1.14. The van der Waals surface area contributed by atoms with Crippen LogP contribution in [0.5, 0.6) is 0 Å². The second-order valence-corrected chi connectivity index (χ2v) is 2.83. The summed E-state index contributed by atoms with van der Waals surface area (Å²) in [6, 6.07) is 0.313. The van der Waals surface area contributed by atoms with Crippen molar-refractivity contribution in [3.05, 3.63) is 22.7 Å². The van der Waals surface area contributed by atoms with Gasteiger partial charge in [0.2, 0.25) is 5.82 Å². The van der Waals surface area contributed by atoms with Gasteiger partial charge in [-0.2, -0.15) is 0 Å². The molecule has 0 amide bonds. The molecule has 2 N–H and O–H groups in total. The molecule has 1 aromatic heterocycles. The van der Waals surface area contributed by atoms with E-state index in [2.05, 4.69) is 4.98 Å². The molecular weight excluding hydrogens is 158 g/mol. The summed E-state index contributed by atoms with van der Waals surface area (Å²) in [4.78, 5) is 15.0. The first-order valence-electron chi connectivity index (χ1n) is 3.80. The van der Waals surface area contributed by atoms with Crippen molar-refractivity contribution in [1.29, 1.82) is 0 Å². The molecule has 0 aromatic carbocycles. The molecule has 64 valence electrons. The highest BCUT2D eigenvalue weighted by Crippen LogP contribution is 2.33. The SMILES string of the molecule is O=c1c(NO)nccn1C1CC1. The van der Waals surface area contributed by atoms with E-state index in [9.17, 15) is 4.79 Å². The van der Waals surface area contributed by atoms with Crippen molar-refractivity contribution < 1.29 is 5.21 Å². The fraction of sp³-hybridized carbons (Fsp3) is 0.429. The lowest BCUT2D eigenvalue weighted by molar-refractivity contribution is 0.383. The van der Waals surface area contributed by atoms with Crippen LogP contribution in [-0.4, -0.2) is 14.8 Å². The first kappa shape index (κ1) is 7.30. The fourth-order valence-corrected chi connectivity index (χ4v) is 1.14. The molecule has 5 heteroatoms. The van der Waals surface area contributed by atoms with E-state index in [1.807, 2.05) is 0 Å². The minimum absolute atomic E-state index is 0.00981. The molecule has 12 heavy (non-hydrogen) atoms. The molecule has 0 saturated heterocycles. The van der Waals surface area contributed by atoms with Crippen LogP contribution >= 0.6 is 0 Å². The summed E-state index contributed by atoms with van der Waals surface area (Å²) in [6.45, 7) is 0. The number of nitrogens with zero attached hydrogens (tertiary/aromatic N) is 2. The summed E-state index contributed by atoms with van der Waals surface area (Å²) in [5.74, 6) is -0.00981. The quantitative estimate of drug-likeness (QED) is 0.625. The first-order chi connectivity index (χ1) is 5.83. The van der Waals surface area contributed by atoms with Gasteiger partial charge in [-0.3, -0.25) is 10.0 Å². The van der Waals surface area contributed by atoms with E-state index in [1.165, 1.54) is 6.20 Å². The Morgan fingerprint density at radius 1 is 1.67 bits per heavy atom. The lowest BCUT2D eigenvalue weighted by atomic mass is 10.5. The maximum atomic E-state index is 11.4. The molecule has 0 aliphatic heterocycles. The molecule has 1 heterocycles. The van der Waals surface area contributed by atoms with E-state index >= 15 is 0 Å². The number of nitrogens with one attached hydrogen (secondary N) is 1. The standard InChI is InChI=1S/C7H9N3O2/c11-7-6(9-12)8-3-4-10(7)5-1-2-5/h3-5,12H,1-2H2,(H,8,9). The van der Waals surface area contributed by atoms with Gasteiger partial charge in [0.1, 0.15) is 0 Å². The molecule has 0 radical (unpaired) electrons. The number of hydrogen-bond donors (Lipinski definition) is 2. The van der Waals surface area contributed by atoms with Crippen LogP contribution in [0.1, 0.15) is 18.9 Å². The Labute approximate surface area is 68.6 Å². The summed E-state index contributed by atoms with van der Waals surface area (Å²) in [5, 5.41) is 8.52. The number of aromatic nitrogens is 2. The third-order valence-corrected chi connectivity index (χ3v) is 1.91. The minimum Gasteiger partial charge on any atom is -0.308 e. The van der Waals surface area contributed by atoms with Crippen LogP contribution in [0.3, 0.4) is 0 Å². The van der Waals surface area contributed by atoms with Crippen molar-refractivity contribution >= 4 is 5.82 Å². The van der Waals surface area contributed by atoms with Crippen molar-refractivity contribution in [2.45, 2.75) is 18.9 Å². The second-order valence-electron chi connectivity index (χ2n) is 2.83. The summed E-state index contributed by atoms with van der Waals surface area (Å²) < 4.78 is 1.59. The van der Waals surface area contributed by atoms with Gasteiger partial charge < -0.3 is 4.57 Å². The van der Waals surface area contributed by atoms with E-state index in [0.29, 0.717) is 6.04 Å². The zero-order chi connectivity index (χ0) is 8.55. The van der Waals surface area contributed by atoms with Gasteiger partial charge in [-0.15, -0.1) is 0 Å². The molecule has 2 rings (SSSR count). The molecule has 1 aliphatic carbocycles. The molecule has 1 aromatic rings. The average molecular weight is 167 g/mol. The molecule has 5 nitrogen and oxygen atoms in total. The van der Waals surface area contributed by atoms with Crippen molar-refractivity contribution in [1.82, 2.24) is 9.55 Å². The molecule has 0 atom stereocenters. The van der Waals surface area contributed by atoms with Crippen molar-refractivity contribution in [3.63, 3.8) is 0 Å². The maximum absolute atomic E-state index is 11.4. The summed E-state index contributed by atoms with van der Waals surface area (Å²) >= 11 is 0. The van der Waals surface area contributed by atoms with Crippen molar-refractivity contribution in [2.24, 2.45) is 0 Å². The van der Waals surface area contributed by atoms with E-state index in [4.69, 9.17) is 5.21 Å². The lowest BCUT2D eigenvalue weighted by Gasteiger charge is -2.03. The highest BCUT2D eigenvalue weighted by molar-refractivity contribution is 5.27. The Bertz CT molecular complexity index is 343. The van der Waals surface area contributed by atoms with Crippen LogP contribution in [-0.2, 0) is 0 Å². The van der Waals surface area contributed by atoms with Crippen LogP contribution in [0.4, 0.5) is 5.82 Å². The van der Waals surface area contributed by atoms with E-state index in [0.717, 1.165) is 12.8 Å². The van der Waals surface area contributed by atoms with Gasteiger partial charge in [-0.1, -0.05) is 0 Å². The van der Waals surface area contributed by atoms with Crippen LogP contribution in [0.25, 0.3) is 0 Å². The van der Waals surface area contributed by atoms with Crippen LogP contribution in [0, 0.1) is 0 Å². The minimum atomic E-state index is -0.262. The van der Waals surface area contributed by atoms with Crippen molar-refractivity contribution in [2.75, 3.05) is 5.48 Å². The Morgan fingerprint density at radius 3 is 3.00 bits per heavy atom. The van der Waals surface area contributed by atoms with Gasteiger partial charge in [-0.05, 0) is 12.8 Å². The van der Waals surface area contributed by atoms with Crippen molar-refractivity contribution in [3.8, 4) is 0 Å². The second kappa shape index (κ2) is 2.60. The largest absolute Gasteiger partial charge is 0.308 e. The molecular formula is C7H9N3O2. The van der Waals surface area contributed by atoms with Crippen LogP contribution in [0.15, 0.2) is 17.2 Å². The molecule has 0 bridgehead atoms. The van der Waals surface area contributed by atoms with Gasteiger partial charge in [0.05, 0.1) is 0 Å². The summed E-state index contributed by atoms with van der Waals surface area (Å²) in [7, 11) is 0. The van der Waals surface area contributed by atoms with Gasteiger partial charge in [0, 0.05) is 18.4 Å². The topological polar surface area (TPSA) is 67.2 Å². The monoisotopic (exact) mass is 167 g/mol. The van der Waals surface area contributed by atoms with E-state index in [1.54, 1.807) is 16.2 Å². The zero-order valence-corrected chi connectivity index (χ0v) is 6.40. The maximum Gasteiger partial charge on any atom is 0.295 e. The Morgan fingerprint density at radius 2 is 2.42 bits per heavy atom. The zero-order valence-electron chi connectivity index (χ0n) is 6.40. The van der Waals surface area contributed by atoms with E-state index < -0.39 is 0 Å². The Hall–Kier alpha value is -1.36. The third kappa shape index (κ3) is 1.08. The Kier molecular flexibility index (Phi) is 1.58. The van der Waals surface area contributed by atoms with Crippen LogP contribution in [0.2, 0.25) is 0 Å². The number of hydrogen-bond acceptors (Lipinski definition) is 4. The lowest BCUT2D eigenvalue weighted by Crippen LogP contribution is -2.22. The summed E-state index contributed by atoms with van der Waals surface area (Å²) in [6.07, 6.45) is 5.21. The summed E-state index contributed by atoms with van der Waals surface area (Å²) in [5.41, 5.74) is 1.51. The molecule has 0 spiro atoms. The van der Waals surface area contributed by atoms with Gasteiger partial charge >= 0.3 is 0 Å². The van der Waals surface area contributed by atoms with Gasteiger partial charge in [0.15, 0.2) is 0 Å². The average Bonchev–Trinajstić information content (AvgIpc) is 2.88. The molecule has 1 fully saturated rings. The number of anilines is 1. The Balaban J connectivity index is 2.48. The molecule has 1 saturated carbocycles. The van der Waals surface area contributed by atoms with Crippen LogP contribution < -0.4 is 11.0 Å². The third-order valence-electron chi connectivity index (χ3n) is 1.91. The predicted molar refractivity (Wildman–Crippen MR) is 42.2 cm³/mol. The van der Waals surface area contributed by atoms with E-state index in [-0.39, 0.29) is 11.4 Å². The normalized spacial score (nSPS) is 16.1. The van der Waals surface area contributed by atoms with Gasteiger partial charge in [0.25, 0.3) is 5.56 Å². The molecule has 1 aliphatic rings. The first-order valence-corrected chi connectivity index (χ1v) is 3.80. The smallest absolute Gasteiger partial charge is 0.295 e. The molecule has 0 unspecified atom stereocenters. The van der Waals surface area contributed by atoms with Gasteiger partial charge in [-0.25, -0.2) is 10.5 Å². The number of rotatable bonds is 2. The highest BCUT2D eigenvalue weighted by atomic mass is 16.5. The highest BCUT2D eigenvalue weighted by Gasteiger charge is 2.24.